The maximum absolute atomic E-state index is 13.9. The number of aryl methyl sites for hydroxylation is 2. The lowest BCUT2D eigenvalue weighted by molar-refractivity contribution is -0.138. The van der Waals surface area contributed by atoms with Crippen molar-refractivity contribution in [1.29, 1.82) is 5.26 Å². The lowest BCUT2D eigenvalue weighted by Crippen LogP contribution is -2.10. The lowest BCUT2D eigenvalue weighted by Gasteiger charge is -2.15. The number of benzene rings is 2. The Morgan fingerprint density at radius 2 is 1.76 bits per heavy atom. The zero-order valence-corrected chi connectivity index (χ0v) is 20.5. The van der Waals surface area contributed by atoms with Crippen molar-refractivity contribution in [3.05, 3.63) is 76.3 Å². The number of aromatic nitrogens is 1. The number of hydrogen-bond donors (Lipinski definition) is 0. The largest absolute Gasteiger partial charge is 0.493 e. The van der Waals surface area contributed by atoms with Crippen LogP contribution in [0.25, 0.3) is 11.3 Å². The number of hydrogen-bond acceptors (Lipinski definition) is 4. The maximum Gasteiger partial charge on any atom is 0.417 e. The van der Waals surface area contributed by atoms with Gasteiger partial charge in [-0.25, -0.2) is 4.98 Å². The molecule has 7 heteroatoms. The van der Waals surface area contributed by atoms with Crippen LogP contribution in [0.15, 0.2) is 53.6 Å². The number of nitrogens with zero attached hydrogens (tertiary/aromatic N) is 2. The zero-order valence-electron chi connectivity index (χ0n) is 19.7. The zero-order chi connectivity index (χ0) is 24.9. The number of alkyl halides is 3. The van der Waals surface area contributed by atoms with Gasteiger partial charge in [0.15, 0.2) is 0 Å². The van der Waals surface area contributed by atoms with Crippen molar-refractivity contribution in [3.8, 4) is 23.1 Å². The molecule has 0 amide bonds. The summed E-state index contributed by atoms with van der Waals surface area (Å²) in [6.45, 7) is 8.62. The van der Waals surface area contributed by atoms with Crippen molar-refractivity contribution in [1.82, 2.24) is 4.98 Å². The van der Waals surface area contributed by atoms with Gasteiger partial charge >= 0.3 is 6.18 Å². The van der Waals surface area contributed by atoms with Crippen LogP contribution in [0.3, 0.4) is 0 Å². The van der Waals surface area contributed by atoms with Gasteiger partial charge < -0.3 is 4.74 Å². The summed E-state index contributed by atoms with van der Waals surface area (Å²) in [4.78, 5) is 4.48. The van der Waals surface area contributed by atoms with Gasteiger partial charge in [0.25, 0.3) is 0 Å². The summed E-state index contributed by atoms with van der Waals surface area (Å²) in [6, 6.07) is 15.7. The monoisotopic (exact) mass is 484 g/mol. The van der Waals surface area contributed by atoms with Gasteiger partial charge in [-0.1, -0.05) is 43.7 Å². The molecule has 3 aromatic rings. The number of rotatable bonds is 8. The summed E-state index contributed by atoms with van der Waals surface area (Å²) in [5, 5.41) is 9.61. The second-order valence-corrected chi connectivity index (χ2v) is 9.59. The highest BCUT2D eigenvalue weighted by Gasteiger charge is 2.36. The molecule has 1 heterocycles. The predicted molar refractivity (Wildman–Crippen MR) is 130 cm³/mol. The van der Waals surface area contributed by atoms with E-state index < -0.39 is 17.3 Å². The standard InChI is InChI=1S/C27H27F3N2OS/c1-17(2)11-12-33-25-10-9-21(13-19(25)4)24-14-23(27(28,29)30)22(15-31)26(32-24)34-16-20-7-5-18(3)6-8-20/h5-10,13-14,17H,11-12,16H2,1-4H3. The molecule has 178 valence electrons. The second kappa shape index (κ2) is 11.0. The van der Waals surface area contributed by atoms with Gasteiger partial charge in [-0.3, -0.25) is 0 Å². The van der Waals surface area contributed by atoms with Gasteiger partial charge in [-0.15, -0.1) is 11.8 Å². The number of halogens is 3. The fourth-order valence-electron chi connectivity index (χ4n) is 3.32. The number of thioether (sulfide) groups is 1. The maximum atomic E-state index is 13.9. The minimum atomic E-state index is -4.67. The molecule has 0 saturated heterocycles. The number of pyridine rings is 1. The molecule has 0 saturated carbocycles. The molecular weight excluding hydrogens is 457 g/mol. The predicted octanol–water partition coefficient (Wildman–Crippen LogP) is 7.97. The first-order valence-corrected chi connectivity index (χ1v) is 12.0. The van der Waals surface area contributed by atoms with Crippen molar-refractivity contribution < 1.29 is 17.9 Å². The van der Waals surface area contributed by atoms with E-state index >= 15 is 0 Å². The summed E-state index contributed by atoms with van der Waals surface area (Å²) >= 11 is 1.13. The highest BCUT2D eigenvalue weighted by Crippen LogP contribution is 2.39. The third kappa shape index (κ3) is 6.54. The molecule has 0 spiro atoms. The van der Waals surface area contributed by atoms with Gasteiger partial charge in [0.05, 0.1) is 23.4 Å². The quantitative estimate of drug-likeness (QED) is 0.304. The molecular formula is C27H27F3N2OS. The smallest absolute Gasteiger partial charge is 0.417 e. The van der Waals surface area contributed by atoms with Gasteiger partial charge in [0, 0.05) is 11.3 Å². The molecule has 0 fully saturated rings. The minimum absolute atomic E-state index is 0.0720. The van der Waals surface area contributed by atoms with Crippen LogP contribution in [0, 0.1) is 31.1 Å². The van der Waals surface area contributed by atoms with E-state index in [1.807, 2.05) is 38.1 Å². The molecule has 1 aromatic heterocycles. The summed E-state index contributed by atoms with van der Waals surface area (Å²) < 4.78 is 47.4. The average Bonchev–Trinajstić information content (AvgIpc) is 2.78. The Balaban J connectivity index is 1.97. The Bertz CT molecular complexity index is 1180. The van der Waals surface area contributed by atoms with E-state index in [0.29, 0.717) is 29.6 Å². The number of ether oxygens (including phenoxy) is 1. The molecule has 34 heavy (non-hydrogen) atoms. The van der Waals surface area contributed by atoms with E-state index in [4.69, 9.17) is 4.74 Å². The van der Waals surface area contributed by atoms with Crippen LogP contribution in [0.1, 0.15) is 48.1 Å². The third-order valence-electron chi connectivity index (χ3n) is 5.32. The first-order valence-electron chi connectivity index (χ1n) is 11.0. The molecule has 0 bridgehead atoms. The minimum Gasteiger partial charge on any atom is -0.493 e. The molecule has 0 N–H and O–H groups in total. The van der Waals surface area contributed by atoms with Gasteiger partial charge in [-0.2, -0.15) is 18.4 Å². The Labute approximate surface area is 203 Å². The van der Waals surface area contributed by atoms with Crippen molar-refractivity contribution in [2.24, 2.45) is 5.92 Å². The SMILES string of the molecule is Cc1ccc(CSc2nc(-c3ccc(OCCC(C)C)c(C)c3)cc(C(F)(F)F)c2C#N)cc1. The summed E-state index contributed by atoms with van der Waals surface area (Å²) in [5.41, 5.74) is 2.15. The fourth-order valence-corrected chi connectivity index (χ4v) is 4.28. The average molecular weight is 485 g/mol. The van der Waals surface area contributed by atoms with Crippen LogP contribution in [0.2, 0.25) is 0 Å². The van der Waals surface area contributed by atoms with Crippen LogP contribution >= 0.6 is 11.8 Å². The Morgan fingerprint density at radius 3 is 2.35 bits per heavy atom. The molecule has 3 rings (SSSR count). The van der Waals surface area contributed by atoms with Crippen LogP contribution in [-0.2, 0) is 11.9 Å². The summed E-state index contributed by atoms with van der Waals surface area (Å²) in [6.07, 6.45) is -3.76. The molecule has 3 nitrogen and oxygen atoms in total. The van der Waals surface area contributed by atoms with E-state index in [0.717, 1.165) is 40.9 Å². The lowest BCUT2D eigenvalue weighted by atomic mass is 10.0. The van der Waals surface area contributed by atoms with Crippen molar-refractivity contribution in [2.75, 3.05) is 6.61 Å². The van der Waals surface area contributed by atoms with E-state index in [2.05, 4.69) is 18.8 Å². The molecule has 0 aliphatic rings. The van der Waals surface area contributed by atoms with Crippen LogP contribution in [-0.4, -0.2) is 11.6 Å². The molecule has 2 aromatic carbocycles. The number of nitriles is 1. The van der Waals surface area contributed by atoms with Gasteiger partial charge in [0.2, 0.25) is 0 Å². The molecule has 0 radical (unpaired) electrons. The Hall–Kier alpha value is -2.98. The first kappa shape index (κ1) is 25.6. The Morgan fingerprint density at radius 1 is 1.06 bits per heavy atom. The molecule has 0 aliphatic carbocycles. The first-order chi connectivity index (χ1) is 16.1. The van der Waals surface area contributed by atoms with Crippen LogP contribution < -0.4 is 4.74 Å². The summed E-state index contributed by atoms with van der Waals surface area (Å²) in [5.74, 6) is 1.62. The summed E-state index contributed by atoms with van der Waals surface area (Å²) in [7, 11) is 0. The van der Waals surface area contributed by atoms with Gasteiger partial charge in [0.1, 0.15) is 16.8 Å². The van der Waals surface area contributed by atoms with Crippen molar-refractivity contribution in [2.45, 2.75) is 51.1 Å². The van der Waals surface area contributed by atoms with E-state index in [1.165, 1.54) is 0 Å². The van der Waals surface area contributed by atoms with Crippen LogP contribution in [0.5, 0.6) is 5.75 Å². The van der Waals surface area contributed by atoms with Crippen molar-refractivity contribution >= 4 is 11.8 Å². The highest BCUT2D eigenvalue weighted by atomic mass is 32.2. The van der Waals surface area contributed by atoms with E-state index in [9.17, 15) is 18.4 Å². The van der Waals surface area contributed by atoms with Crippen LogP contribution in [0.4, 0.5) is 13.2 Å². The highest BCUT2D eigenvalue weighted by molar-refractivity contribution is 7.98. The van der Waals surface area contributed by atoms with Gasteiger partial charge in [-0.05, 0) is 61.6 Å². The second-order valence-electron chi connectivity index (χ2n) is 8.63. The normalized spacial score (nSPS) is 11.5. The molecule has 0 aliphatic heterocycles. The molecule has 0 unspecified atom stereocenters. The van der Waals surface area contributed by atoms with Crippen molar-refractivity contribution in [3.63, 3.8) is 0 Å². The molecule has 0 atom stereocenters. The topological polar surface area (TPSA) is 45.9 Å². The van der Waals surface area contributed by atoms with E-state index in [1.54, 1.807) is 24.3 Å². The van der Waals surface area contributed by atoms with E-state index in [-0.39, 0.29) is 10.7 Å². The fraction of sp³-hybridized carbons (Fsp3) is 0.333. The Kier molecular flexibility index (Phi) is 8.27. The third-order valence-corrected chi connectivity index (χ3v) is 6.37.